The molecule has 154 valence electrons. The van der Waals surface area contributed by atoms with Crippen molar-refractivity contribution in [2.45, 2.75) is 20.0 Å². The second-order valence-corrected chi connectivity index (χ2v) is 7.26. The van der Waals surface area contributed by atoms with Crippen molar-refractivity contribution in [3.63, 3.8) is 0 Å². The number of fused-ring (bicyclic) bond motifs is 1. The molecule has 4 heterocycles. The smallest absolute Gasteiger partial charge is 0.153 e. The lowest BCUT2D eigenvalue weighted by Gasteiger charge is -2.12. The maximum Gasteiger partial charge on any atom is 0.153 e. The van der Waals surface area contributed by atoms with E-state index in [2.05, 4.69) is 20.5 Å². The van der Waals surface area contributed by atoms with Crippen molar-refractivity contribution in [1.29, 1.82) is 0 Å². The molecule has 5 rings (SSSR count). The molecule has 5 aromatic rings. The highest BCUT2D eigenvalue weighted by atomic mass is 16.3. The third-order valence-electron chi connectivity index (χ3n) is 4.98. The molecule has 0 amide bonds. The van der Waals surface area contributed by atoms with Crippen LogP contribution in [0.2, 0.25) is 0 Å². The van der Waals surface area contributed by atoms with E-state index in [0.717, 1.165) is 22.4 Å². The van der Waals surface area contributed by atoms with Gasteiger partial charge in [-0.1, -0.05) is 6.07 Å². The number of pyridine rings is 1. The minimum Gasteiger partial charge on any atom is -0.463 e. The van der Waals surface area contributed by atoms with Gasteiger partial charge in [-0.2, -0.15) is 5.10 Å². The van der Waals surface area contributed by atoms with Crippen molar-refractivity contribution in [2.75, 3.05) is 5.32 Å². The predicted molar refractivity (Wildman–Crippen MR) is 117 cm³/mol. The standard InChI is InChI=1S/C23H20N6O2/c1-14-5-9-21(28-27-14)25-16-6-8-19-18(12-16)24-13-29(19)22-10-7-17(15(2)30)23(26-22)20-4-3-11-31-20/h3-13,15,30H,1-2H3,(H,25,28). The van der Waals surface area contributed by atoms with Crippen LogP contribution in [-0.2, 0) is 0 Å². The molecule has 4 aromatic heterocycles. The molecule has 0 aliphatic carbocycles. The maximum absolute atomic E-state index is 10.1. The molecule has 0 radical (unpaired) electrons. The Bertz CT molecular complexity index is 1340. The number of hydrogen-bond donors (Lipinski definition) is 2. The van der Waals surface area contributed by atoms with Gasteiger partial charge in [0.15, 0.2) is 11.6 Å². The van der Waals surface area contributed by atoms with Gasteiger partial charge in [-0.15, -0.1) is 5.10 Å². The van der Waals surface area contributed by atoms with Gasteiger partial charge in [0.2, 0.25) is 0 Å². The molecule has 1 aromatic carbocycles. The number of benzene rings is 1. The van der Waals surface area contributed by atoms with Crippen molar-refractivity contribution in [2.24, 2.45) is 0 Å². The number of aromatic nitrogens is 5. The summed E-state index contributed by atoms with van der Waals surface area (Å²) >= 11 is 0. The number of imidazole rings is 1. The van der Waals surface area contributed by atoms with Crippen molar-refractivity contribution in [3.05, 3.63) is 78.4 Å². The number of nitrogens with zero attached hydrogens (tertiary/aromatic N) is 5. The summed E-state index contributed by atoms with van der Waals surface area (Å²) in [6.45, 7) is 3.61. The Kier molecular flexibility index (Phi) is 4.68. The monoisotopic (exact) mass is 412 g/mol. The number of nitrogens with one attached hydrogen (secondary N) is 1. The van der Waals surface area contributed by atoms with Crippen LogP contribution in [0, 0.1) is 6.92 Å². The van der Waals surface area contributed by atoms with Crippen LogP contribution >= 0.6 is 0 Å². The minimum absolute atomic E-state index is 0.605. The molecule has 0 saturated heterocycles. The fourth-order valence-corrected chi connectivity index (χ4v) is 3.43. The quantitative estimate of drug-likeness (QED) is 0.436. The summed E-state index contributed by atoms with van der Waals surface area (Å²) < 4.78 is 7.44. The van der Waals surface area contributed by atoms with E-state index in [1.165, 1.54) is 0 Å². The second kappa shape index (κ2) is 7.66. The third-order valence-corrected chi connectivity index (χ3v) is 4.98. The van der Waals surface area contributed by atoms with E-state index in [-0.39, 0.29) is 0 Å². The first-order valence-corrected chi connectivity index (χ1v) is 9.86. The molecule has 0 fully saturated rings. The van der Waals surface area contributed by atoms with Crippen molar-refractivity contribution >= 4 is 22.5 Å². The highest BCUT2D eigenvalue weighted by Crippen LogP contribution is 2.29. The van der Waals surface area contributed by atoms with Crippen molar-refractivity contribution in [3.8, 4) is 17.3 Å². The topological polar surface area (TPSA) is 102 Å². The summed E-state index contributed by atoms with van der Waals surface area (Å²) in [5, 5.41) is 21.6. The van der Waals surface area contributed by atoms with E-state index in [1.54, 1.807) is 25.6 Å². The average molecular weight is 412 g/mol. The maximum atomic E-state index is 10.1. The number of aliphatic hydroxyl groups excluding tert-OH is 1. The largest absolute Gasteiger partial charge is 0.463 e. The predicted octanol–water partition coefficient (Wildman–Crippen LogP) is 4.58. The first kappa shape index (κ1) is 19.0. The molecule has 1 atom stereocenters. The van der Waals surface area contributed by atoms with Crippen LogP contribution in [-0.4, -0.2) is 29.8 Å². The number of aliphatic hydroxyl groups is 1. The summed E-state index contributed by atoms with van der Waals surface area (Å²) in [5.41, 5.74) is 4.76. The fourth-order valence-electron chi connectivity index (χ4n) is 3.43. The summed E-state index contributed by atoms with van der Waals surface area (Å²) in [7, 11) is 0. The number of furan rings is 1. The summed E-state index contributed by atoms with van der Waals surface area (Å²) in [4.78, 5) is 9.30. The first-order valence-electron chi connectivity index (χ1n) is 9.86. The van der Waals surface area contributed by atoms with Crippen molar-refractivity contribution in [1.82, 2.24) is 24.7 Å². The molecule has 2 N–H and O–H groups in total. The lowest BCUT2D eigenvalue weighted by Crippen LogP contribution is -2.02. The molecule has 0 spiro atoms. The van der Waals surface area contributed by atoms with Gasteiger partial charge in [0.25, 0.3) is 0 Å². The molecule has 0 bridgehead atoms. The van der Waals surface area contributed by atoms with Crippen molar-refractivity contribution < 1.29 is 9.52 Å². The molecule has 8 nitrogen and oxygen atoms in total. The van der Waals surface area contributed by atoms with Gasteiger partial charge in [-0.25, -0.2) is 9.97 Å². The average Bonchev–Trinajstić information content (AvgIpc) is 3.45. The van der Waals surface area contributed by atoms with E-state index in [1.807, 2.05) is 60.0 Å². The molecule has 8 heteroatoms. The van der Waals surface area contributed by atoms with Gasteiger partial charge in [-0.3, -0.25) is 4.57 Å². The Balaban J connectivity index is 1.52. The van der Waals surface area contributed by atoms with E-state index >= 15 is 0 Å². The molecular formula is C23H20N6O2. The van der Waals surface area contributed by atoms with Gasteiger partial charge in [-0.05, 0) is 62.4 Å². The Morgan fingerprint density at radius 1 is 1.06 bits per heavy atom. The lowest BCUT2D eigenvalue weighted by atomic mass is 10.1. The number of rotatable bonds is 5. The van der Waals surface area contributed by atoms with Crippen LogP contribution in [0.4, 0.5) is 11.5 Å². The Morgan fingerprint density at radius 2 is 1.97 bits per heavy atom. The van der Waals surface area contributed by atoms with Crippen LogP contribution in [0.5, 0.6) is 0 Å². The Morgan fingerprint density at radius 3 is 2.71 bits per heavy atom. The van der Waals surface area contributed by atoms with Gasteiger partial charge in [0.05, 0.1) is 29.1 Å². The summed E-state index contributed by atoms with van der Waals surface area (Å²) in [5.74, 6) is 1.96. The fraction of sp³-hybridized carbons (Fsp3) is 0.130. The van der Waals surface area contributed by atoms with Gasteiger partial charge >= 0.3 is 0 Å². The number of aryl methyl sites for hydroxylation is 1. The zero-order chi connectivity index (χ0) is 21.4. The van der Waals surface area contributed by atoms with Crippen LogP contribution < -0.4 is 5.32 Å². The van der Waals surface area contributed by atoms with E-state index < -0.39 is 6.10 Å². The van der Waals surface area contributed by atoms with E-state index in [0.29, 0.717) is 28.7 Å². The molecule has 0 saturated carbocycles. The highest BCUT2D eigenvalue weighted by Gasteiger charge is 2.16. The zero-order valence-electron chi connectivity index (χ0n) is 17.0. The Hall–Kier alpha value is -4.04. The molecule has 31 heavy (non-hydrogen) atoms. The third kappa shape index (κ3) is 3.64. The Labute approximate surface area is 178 Å². The number of anilines is 2. The SMILES string of the molecule is Cc1ccc(Nc2ccc3c(c2)ncn3-c2ccc(C(C)O)c(-c3ccco3)n2)nn1. The van der Waals surface area contributed by atoms with Gasteiger partial charge in [0, 0.05) is 11.3 Å². The van der Waals surface area contributed by atoms with E-state index in [9.17, 15) is 5.11 Å². The van der Waals surface area contributed by atoms with Gasteiger partial charge < -0.3 is 14.8 Å². The molecule has 0 aliphatic heterocycles. The van der Waals surface area contributed by atoms with Crippen LogP contribution in [0.15, 0.2) is 71.6 Å². The summed E-state index contributed by atoms with van der Waals surface area (Å²) in [6.07, 6.45) is 2.66. The number of hydrogen-bond acceptors (Lipinski definition) is 7. The zero-order valence-corrected chi connectivity index (χ0v) is 17.0. The normalized spacial score (nSPS) is 12.2. The van der Waals surface area contributed by atoms with Crippen LogP contribution in [0.1, 0.15) is 24.3 Å². The van der Waals surface area contributed by atoms with Crippen LogP contribution in [0.25, 0.3) is 28.3 Å². The summed E-state index contributed by atoms with van der Waals surface area (Å²) in [6, 6.07) is 17.0. The highest BCUT2D eigenvalue weighted by molar-refractivity contribution is 5.82. The first-order chi connectivity index (χ1) is 15.1. The minimum atomic E-state index is -0.667. The van der Waals surface area contributed by atoms with E-state index in [4.69, 9.17) is 9.40 Å². The molecule has 1 unspecified atom stereocenters. The van der Waals surface area contributed by atoms with Gasteiger partial charge in [0.1, 0.15) is 17.8 Å². The van der Waals surface area contributed by atoms with Crippen LogP contribution in [0.3, 0.4) is 0 Å². The lowest BCUT2D eigenvalue weighted by molar-refractivity contribution is 0.199. The molecule has 0 aliphatic rings. The second-order valence-electron chi connectivity index (χ2n) is 7.26. The molecular weight excluding hydrogens is 392 g/mol.